The topological polar surface area (TPSA) is 87.5 Å². The van der Waals surface area contributed by atoms with Gasteiger partial charge in [0, 0.05) is 6.42 Å². The molecule has 158 valence electrons. The van der Waals surface area contributed by atoms with E-state index in [0.29, 0.717) is 36.6 Å². The molecular formula is C22H26N4O4. The Hall–Kier alpha value is -3.55. The molecule has 0 aliphatic rings. The molecule has 0 radical (unpaired) electrons. The van der Waals surface area contributed by atoms with Gasteiger partial charge in [0.25, 0.3) is 0 Å². The van der Waals surface area contributed by atoms with E-state index in [0.717, 1.165) is 11.1 Å². The fourth-order valence-corrected chi connectivity index (χ4v) is 3.24. The lowest BCUT2D eigenvalue weighted by Gasteiger charge is -2.19. The minimum atomic E-state index is -0.208. The smallest absolute Gasteiger partial charge is 0.220 e. The maximum absolute atomic E-state index is 12.7. The van der Waals surface area contributed by atoms with Crippen molar-refractivity contribution in [1.29, 1.82) is 0 Å². The highest BCUT2D eigenvalue weighted by Crippen LogP contribution is 2.38. The standard InChI is InChI=1S/C22H26N4O4/c1-28-19-11-16(12-20(29-2)22(19)30-3)9-10-21(27)25-18(13-26-15-23-14-24-26)17-7-5-4-6-8-17/h4-8,11-12,14-15,18H,9-10,13H2,1-3H3,(H,25,27). The van der Waals surface area contributed by atoms with E-state index in [1.54, 1.807) is 32.3 Å². The largest absolute Gasteiger partial charge is 0.493 e. The zero-order chi connectivity index (χ0) is 21.3. The molecule has 30 heavy (non-hydrogen) atoms. The fraction of sp³-hybridized carbons (Fsp3) is 0.318. The van der Waals surface area contributed by atoms with Crippen LogP contribution in [0.15, 0.2) is 55.1 Å². The molecule has 1 unspecified atom stereocenters. The number of carbonyl (C=O) groups excluding carboxylic acids is 1. The van der Waals surface area contributed by atoms with Crippen molar-refractivity contribution >= 4 is 5.91 Å². The number of amides is 1. The number of hydrogen-bond acceptors (Lipinski definition) is 6. The summed E-state index contributed by atoms with van der Waals surface area (Å²) in [7, 11) is 4.71. The fourth-order valence-electron chi connectivity index (χ4n) is 3.24. The Morgan fingerprint density at radius 3 is 2.33 bits per heavy atom. The first-order valence-corrected chi connectivity index (χ1v) is 9.60. The molecule has 8 heteroatoms. The number of nitrogens with zero attached hydrogens (tertiary/aromatic N) is 3. The molecule has 1 N–H and O–H groups in total. The second-order valence-electron chi connectivity index (χ2n) is 6.68. The molecule has 1 amide bonds. The predicted octanol–water partition coefficient (Wildman–Crippen LogP) is 2.79. The Labute approximate surface area is 175 Å². The third-order valence-electron chi connectivity index (χ3n) is 4.74. The van der Waals surface area contributed by atoms with Crippen molar-refractivity contribution in [1.82, 2.24) is 20.1 Å². The first-order valence-electron chi connectivity index (χ1n) is 9.60. The molecule has 8 nitrogen and oxygen atoms in total. The summed E-state index contributed by atoms with van der Waals surface area (Å²) >= 11 is 0. The number of rotatable bonds is 10. The van der Waals surface area contributed by atoms with E-state index in [1.807, 2.05) is 42.5 Å². The Morgan fingerprint density at radius 1 is 1.07 bits per heavy atom. The van der Waals surface area contributed by atoms with Crippen molar-refractivity contribution in [2.45, 2.75) is 25.4 Å². The van der Waals surface area contributed by atoms with Crippen molar-refractivity contribution in [3.05, 3.63) is 66.2 Å². The third-order valence-corrected chi connectivity index (χ3v) is 4.74. The van der Waals surface area contributed by atoms with E-state index in [4.69, 9.17) is 14.2 Å². The van der Waals surface area contributed by atoms with Crippen LogP contribution in [-0.4, -0.2) is 42.0 Å². The Balaban J connectivity index is 1.68. The van der Waals surface area contributed by atoms with E-state index >= 15 is 0 Å². The highest BCUT2D eigenvalue weighted by Gasteiger charge is 2.17. The number of nitrogens with one attached hydrogen (secondary N) is 1. The van der Waals surface area contributed by atoms with E-state index in [2.05, 4.69) is 15.4 Å². The Kier molecular flexibility index (Phi) is 7.26. The van der Waals surface area contributed by atoms with Gasteiger partial charge in [0.15, 0.2) is 11.5 Å². The summed E-state index contributed by atoms with van der Waals surface area (Å²) in [4.78, 5) is 16.7. The van der Waals surface area contributed by atoms with Crippen LogP contribution in [0.25, 0.3) is 0 Å². The molecule has 0 saturated heterocycles. The van der Waals surface area contributed by atoms with Gasteiger partial charge in [-0.15, -0.1) is 0 Å². The van der Waals surface area contributed by atoms with E-state index in [-0.39, 0.29) is 11.9 Å². The van der Waals surface area contributed by atoms with Crippen LogP contribution in [0.3, 0.4) is 0 Å². The van der Waals surface area contributed by atoms with E-state index in [9.17, 15) is 4.79 Å². The summed E-state index contributed by atoms with van der Waals surface area (Å²) in [5.41, 5.74) is 1.93. The van der Waals surface area contributed by atoms with Crippen LogP contribution in [-0.2, 0) is 17.8 Å². The average Bonchev–Trinajstić information content (AvgIpc) is 3.30. The van der Waals surface area contributed by atoms with Gasteiger partial charge in [0.2, 0.25) is 11.7 Å². The predicted molar refractivity (Wildman–Crippen MR) is 112 cm³/mol. The highest BCUT2D eigenvalue weighted by atomic mass is 16.5. The van der Waals surface area contributed by atoms with Crippen LogP contribution in [0.1, 0.15) is 23.6 Å². The van der Waals surface area contributed by atoms with Crippen molar-refractivity contribution in [3.63, 3.8) is 0 Å². The van der Waals surface area contributed by atoms with Crippen molar-refractivity contribution in [2.24, 2.45) is 0 Å². The summed E-state index contributed by atoms with van der Waals surface area (Å²) in [6.07, 6.45) is 3.97. The van der Waals surface area contributed by atoms with Gasteiger partial charge in [-0.25, -0.2) is 4.98 Å². The van der Waals surface area contributed by atoms with Gasteiger partial charge in [0.05, 0.1) is 33.9 Å². The molecule has 3 rings (SSSR count). The maximum atomic E-state index is 12.7. The normalized spacial score (nSPS) is 11.6. The zero-order valence-electron chi connectivity index (χ0n) is 17.4. The molecule has 2 aromatic carbocycles. The lowest BCUT2D eigenvalue weighted by Crippen LogP contribution is -2.31. The molecule has 0 saturated carbocycles. The van der Waals surface area contributed by atoms with Crippen molar-refractivity contribution in [3.8, 4) is 17.2 Å². The molecule has 0 aliphatic heterocycles. The molecule has 0 fully saturated rings. The van der Waals surface area contributed by atoms with Gasteiger partial charge in [-0.2, -0.15) is 5.10 Å². The quantitative estimate of drug-likeness (QED) is 0.553. The monoisotopic (exact) mass is 410 g/mol. The first-order chi connectivity index (χ1) is 14.6. The number of carbonyl (C=O) groups is 1. The number of benzene rings is 2. The summed E-state index contributed by atoms with van der Waals surface area (Å²) in [6, 6.07) is 13.3. The van der Waals surface area contributed by atoms with Gasteiger partial charge < -0.3 is 19.5 Å². The number of aryl methyl sites for hydroxylation is 1. The van der Waals surface area contributed by atoms with Crippen LogP contribution in [0.2, 0.25) is 0 Å². The minimum Gasteiger partial charge on any atom is -0.493 e. The lowest BCUT2D eigenvalue weighted by molar-refractivity contribution is -0.121. The van der Waals surface area contributed by atoms with Crippen molar-refractivity contribution in [2.75, 3.05) is 21.3 Å². The summed E-state index contributed by atoms with van der Waals surface area (Å²) in [6.45, 7) is 0.500. The van der Waals surface area contributed by atoms with Crippen LogP contribution < -0.4 is 19.5 Å². The molecule has 0 spiro atoms. The van der Waals surface area contributed by atoms with Crippen molar-refractivity contribution < 1.29 is 19.0 Å². The summed E-state index contributed by atoms with van der Waals surface area (Å²) in [5, 5.41) is 7.26. The molecule has 0 bridgehead atoms. The van der Waals surface area contributed by atoms with Gasteiger partial charge in [-0.05, 0) is 29.7 Å². The van der Waals surface area contributed by atoms with Gasteiger partial charge in [0.1, 0.15) is 12.7 Å². The summed E-state index contributed by atoms with van der Waals surface area (Å²) < 4.78 is 17.8. The van der Waals surface area contributed by atoms with Gasteiger partial charge in [-0.3, -0.25) is 9.48 Å². The highest BCUT2D eigenvalue weighted by molar-refractivity contribution is 5.76. The van der Waals surface area contributed by atoms with Gasteiger partial charge in [-0.1, -0.05) is 30.3 Å². The van der Waals surface area contributed by atoms with Gasteiger partial charge >= 0.3 is 0 Å². The van der Waals surface area contributed by atoms with Crippen LogP contribution in [0.4, 0.5) is 0 Å². The number of ether oxygens (including phenoxy) is 3. The average molecular weight is 410 g/mol. The molecule has 3 aromatic rings. The first kappa shape index (κ1) is 21.2. The third kappa shape index (κ3) is 5.28. The van der Waals surface area contributed by atoms with Crippen LogP contribution in [0.5, 0.6) is 17.2 Å². The molecule has 1 heterocycles. The van der Waals surface area contributed by atoms with Crippen LogP contribution in [0, 0.1) is 0 Å². The minimum absolute atomic E-state index is 0.0577. The lowest BCUT2D eigenvalue weighted by atomic mass is 10.1. The van der Waals surface area contributed by atoms with E-state index in [1.165, 1.54) is 6.33 Å². The number of methoxy groups -OCH3 is 3. The molecular weight excluding hydrogens is 384 g/mol. The number of aromatic nitrogens is 3. The SMILES string of the molecule is COc1cc(CCC(=O)NC(Cn2cncn2)c2ccccc2)cc(OC)c1OC. The molecule has 1 aromatic heterocycles. The summed E-state index contributed by atoms with van der Waals surface area (Å²) in [5.74, 6) is 1.61. The number of hydrogen-bond donors (Lipinski definition) is 1. The second kappa shape index (κ2) is 10.3. The Bertz CT molecular complexity index is 920. The molecule has 1 atom stereocenters. The second-order valence-corrected chi connectivity index (χ2v) is 6.68. The van der Waals surface area contributed by atoms with E-state index < -0.39 is 0 Å². The maximum Gasteiger partial charge on any atom is 0.220 e. The zero-order valence-corrected chi connectivity index (χ0v) is 17.4. The van der Waals surface area contributed by atoms with Crippen LogP contribution >= 0.6 is 0 Å². The molecule has 0 aliphatic carbocycles. The Morgan fingerprint density at radius 2 is 1.77 bits per heavy atom.